The van der Waals surface area contributed by atoms with Crippen LogP contribution in [0.15, 0.2) is 54.7 Å². The lowest BCUT2D eigenvalue weighted by Crippen LogP contribution is -2.37. The molecule has 30 heavy (non-hydrogen) atoms. The monoisotopic (exact) mass is 407 g/mol. The van der Waals surface area contributed by atoms with Crippen LogP contribution in [0.2, 0.25) is 0 Å². The number of fused-ring (bicyclic) bond motifs is 1. The molecule has 1 fully saturated rings. The summed E-state index contributed by atoms with van der Waals surface area (Å²) in [6, 6.07) is 16.2. The number of aromatic amines is 1. The molecule has 0 radical (unpaired) electrons. The molecular formula is C24H29N3O3. The van der Waals surface area contributed by atoms with Gasteiger partial charge in [-0.1, -0.05) is 18.2 Å². The fourth-order valence-corrected chi connectivity index (χ4v) is 3.68. The summed E-state index contributed by atoms with van der Waals surface area (Å²) >= 11 is 0. The molecule has 0 aliphatic carbocycles. The number of benzene rings is 2. The Kier molecular flexibility index (Phi) is 5.68. The van der Waals surface area contributed by atoms with Crippen LogP contribution in [-0.4, -0.2) is 43.0 Å². The van der Waals surface area contributed by atoms with Crippen LogP contribution in [0.5, 0.6) is 0 Å². The number of morpholine rings is 1. The molecule has 0 bridgehead atoms. The topological polar surface area (TPSA) is 57.8 Å². The molecular weight excluding hydrogens is 378 g/mol. The summed E-state index contributed by atoms with van der Waals surface area (Å²) in [6.45, 7) is 9.33. The average molecular weight is 408 g/mol. The first kappa shape index (κ1) is 20.3. The van der Waals surface area contributed by atoms with Gasteiger partial charge in [0.2, 0.25) is 0 Å². The summed E-state index contributed by atoms with van der Waals surface area (Å²) in [4.78, 5) is 20.4. The van der Waals surface area contributed by atoms with Crippen LogP contribution >= 0.6 is 0 Å². The number of carbonyl (C=O) groups is 1. The van der Waals surface area contributed by atoms with E-state index >= 15 is 0 Å². The van der Waals surface area contributed by atoms with Gasteiger partial charge in [0.05, 0.1) is 19.8 Å². The fraction of sp³-hybridized carbons (Fsp3) is 0.375. The summed E-state index contributed by atoms with van der Waals surface area (Å²) in [5, 5.41) is 1.11. The maximum absolute atomic E-state index is 13.1. The molecule has 1 aromatic heterocycles. The molecule has 1 amide bonds. The number of nitrogens with one attached hydrogen (secondary N) is 1. The number of carbonyl (C=O) groups excluding carboxylic acids is 1. The minimum Gasteiger partial charge on any atom is -0.443 e. The zero-order valence-electron chi connectivity index (χ0n) is 17.9. The lowest BCUT2D eigenvalue weighted by atomic mass is 10.1. The van der Waals surface area contributed by atoms with Crippen LogP contribution in [0.25, 0.3) is 10.9 Å². The first-order chi connectivity index (χ1) is 14.4. The second-order valence-corrected chi connectivity index (χ2v) is 8.54. The number of rotatable bonds is 4. The fourth-order valence-electron chi connectivity index (χ4n) is 3.68. The van der Waals surface area contributed by atoms with Gasteiger partial charge in [-0.05, 0) is 56.7 Å². The molecule has 2 heterocycles. The summed E-state index contributed by atoms with van der Waals surface area (Å²) in [5.41, 5.74) is 3.49. The standard InChI is InChI=1S/C24H29N3O3/c1-24(2,3)30-23(28)27(17-18-16-25-22-7-5-4-6-21(18)22)20-10-8-19(9-11-20)26-12-14-29-15-13-26/h4-11,16,25H,12-15,17H2,1-3H3. The third-order valence-electron chi connectivity index (χ3n) is 5.15. The zero-order chi connectivity index (χ0) is 21.1. The van der Waals surface area contributed by atoms with Gasteiger partial charge < -0.3 is 19.4 Å². The maximum atomic E-state index is 13.1. The average Bonchev–Trinajstić information content (AvgIpc) is 3.14. The number of hydrogen-bond donors (Lipinski definition) is 1. The highest BCUT2D eigenvalue weighted by Crippen LogP contribution is 2.27. The molecule has 1 aliphatic rings. The van der Waals surface area contributed by atoms with Gasteiger partial charge in [0, 0.05) is 41.6 Å². The lowest BCUT2D eigenvalue weighted by molar-refractivity contribution is 0.0577. The van der Waals surface area contributed by atoms with E-state index in [2.05, 4.69) is 28.1 Å². The predicted molar refractivity (Wildman–Crippen MR) is 120 cm³/mol. The highest BCUT2D eigenvalue weighted by molar-refractivity contribution is 5.90. The van der Waals surface area contributed by atoms with E-state index in [0.717, 1.165) is 54.1 Å². The second-order valence-electron chi connectivity index (χ2n) is 8.54. The number of anilines is 2. The molecule has 1 saturated heterocycles. The van der Waals surface area contributed by atoms with Crippen LogP contribution in [0.1, 0.15) is 26.3 Å². The minimum absolute atomic E-state index is 0.355. The van der Waals surface area contributed by atoms with Gasteiger partial charge in [-0.3, -0.25) is 4.90 Å². The van der Waals surface area contributed by atoms with Crippen molar-refractivity contribution in [1.29, 1.82) is 0 Å². The minimum atomic E-state index is -0.566. The molecule has 4 rings (SSSR count). The van der Waals surface area contributed by atoms with Crippen molar-refractivity contribution in [1.82, 2.24) is 4.98 Å². The Morgan fingerprint density at radius 3 is 2.50 bits per heavy atom. The summed E-state index contributed by atoms with van der Waals surface area (Å²) < 4.78 is 11.2. The van der Waals surface area contributed by atoms with Gasteiger partial charge in [0.15, 0.2) is 0 Å². The van der Waals surface area contributed by atoms with Gasteiger partial charge in [-0.2, -0.15) is 0 Å². The molecule has 0 spiro atoms. The van der Waals surface area contributed by atoms with E-state index < -0.39 is 5.60 Å². The van der Waals surface area contributed by atoms with E-state index in [0.29, 0.717) is 6.54 Å². The predicted octanol–water partition coefficient (Wildman–Crippen LogP) is 4.95. The Bertz CT molecular complexity index is 998. The number of hydrogen-bond acceptors (Lipinski definition) is 4. The Morgan fingerprint density at radius 1 is 1.10 bits per heavy atom. The number of ether oxygens (including phenoxy) is 2. The maximum Gasteiger partial charge on any atom is 0.415 e. The highest BCUT2D eigenvalue weighted by Gasteiger charge is 2.25. The van der Waals surface area contributed by atoms with Gasteiger partial charge in [0.1, 0.15) is 5.60 Å². The van der Waals surface area contributed by atoms with Gasteiger partial charge in [0.25, 0.3) is 0 Å². The summed E-state index contributed by atoms with van der Waals surface area (Å²) in [5.74, 6) is 0. The Labute approximate surface area is 177 Å². The third-order valence-corrected chi connectivity index (χ3v) is 5.15. The molecule has 3 aromatic rings. The van der Waals surface area contributed by atoms with Crippen molar-refractivity contribution in [3.63, 3.8) is 0 Å². The molecule has 1 N–H and O–H groups in total. The number of amides is 1. The van der Waals surface area contributed by atoms with Crippen LogP contribution in [0, 0.1) is 0 Å². The van der Waals surface area contributed by atoms with Gasteiger partial charge in [-0.25, -0.2) is 4.79 Å². The van der Waals surface area contributed by atoms with Crippen molar-refractivity contribution in [2.24, 2.45) is 0 Å². The Morgan fingerprint density at radius 2 is 1.80 bits per heavy atom. The third kappa shape index (κ3) is 4.60. The van der Waals surface area contributed by atoms with E-state index in [4.69, 9.17) is 9.47 Å². The van der Waals surface area contributed by atoms with Crippen LogP contribution in [0.3, 0.4) is 0 Å². The number of H-pyrrole nitrogens is 1. The summed E-state index contributed by atoms with van der Waals surface area (Å²) in [7, 11) is 0. The van der Waals surface area contributed by atoms with Crippen molar-refractivity contribution in [2.75, 3.05) is 36.1 Å². The van der Waals surface area contributed by atoms with E-state index in [9.17, 15) is 4.79 Å². The molecule has 0 saturated carbocycles. The summed E-state index contributed by atoms with van der Waals surface area (Å²) in [6.07, 6.45) is 1.61. The molecule has 158 valence electrons. The van der Waals surface area contributed by atoms with Gasteiger partial charge >= 0.3 is 6.09 Å². The number of aromatic nitrogens is 1. The lowest BCUT2D eigenvalue weighted by Gasteiger charge is -2.30. The van der Waals surface area contributed by atoms with E-state index in [1.165, 1.54) is 0 Å². The first-order valence-electron chi connectivity index (χ1n) is 10.4. The van der Waals surface area contributed by atoms with E-state index in [1.807, 2.05) is 57.3 Å². The van der Waals surface area contributed by atoms with Crippen LogP contribution in [-0.2, 0) is 16.0 Å². The largest absolute Gasteiger partial charge is 0.443 e. The van der Waals surface area contributed by atoms with E-state index in [1.54, 1.807) is 4.90 Å². The molecule has 6 heteroatoms. The molecule has 1 aliphatic heterocycles. The van der Waals surface area contributed by atoms with Gasteiger partial charge in [-0.15, -0.1) is 0 Å². The smallest absolute Gasteiger partial charge is 0.415 e. The van der Waals surface area contributed by atoms with Crippen LogP contribution in [0.4, 0.5) is 16.2 Å². The first-order valence-corrected chi connectivity index (χ1v) is 10.4. The SMILES string of the molecule is CC(C)(C)OC(=O)N(Cc1c[nH]c2ccccc12)c1ccc(N2CCOCC2)cc1. The second kappa shape index (κ2) is 8.40. The molecule has 6 nitrogen and oxygen atoms in total. The molecule has 0 unspecified atom stereocenters. The zero-order valence-corrected chi connectivity index (χ0v) is 17.9. The highest BCUT2D eigenvalue weighted by atomic mass is 16.6. The normalized spacial score (nSPS) is 14.7. The molecule has 0 atom stereocenters. The van der Waals surface area contributed by atoms with Crippen molar-refractivity contribution in [2.45, 2.75) is 32.9 Å². The number of nitrogens with zero attached hydrogens (tertiary/aromatic N) is 2. The van der Waals surface area contributed by atoms with Crippen molar-refractivity contribution >= 4 is 28.4 Å². The molecule has 2 aromatic carbocycles. The van der Waals surface area contributed by atoms with Crippen molar-refractivity contribution in [3.05, 3.63) is 60.3 Å². The van der Waals surface area contributed by atoms with Crippen molar-refractivity contribution < 1.29 is 14.3 Å². The van der Waals surface area contributed by atoms with Crippen molar-refractivity contribution in [3.8, 4) is 0 Å². The Balaban J connectivity index is 1.62. The van der Waals surface area contributed by atoms with E-state index in [-0.39, 0.29) is 6.09 Å². The quantitative estimate of drug-likeness (QED) is 0.665. The van der Waals surface area contributed by atoms with Crippen LogP contribution < -0.4 is 9.80 Å². The Hall–Kier alpha value is -2.99. The number of para-hydroxylation sites is 1.